The Kier molecular flexibility index (Phi) is 6.62. The van der Waals surface area contributed by atoms with Gasteiger partial charge in [0.15, 0.2) is 0 Å². The number of hydrogen-bond acceptors (Lipinski definition) is 3. The zero-order chi connectivity index (χ0) is 17.8. The van der Waals surface area contributed by atoms with Crippen LogP contribution in [-0.4, -0.2) is 32.7 Å². The van der Waals surface area contributed by atoms with Gasteiger partial charge in [0.25, 0.3) is 0 Å². The van der Waals surface area contributed by atoms with Gasteiger partial charge in [-0.25, -0.2) is 8.42 Å². The number of carbonyl (C=O) groups is 1. The highest BCUT2D eigenvalue weighted by atomic mass is 32.2. The molecule has 1 aromatic carbocycles. The highest BCUT2D eigenvalue weighted by Crippen LogP contribution is 2.23. The van der Waals surface area contributed by atoms with E-state index in [1.54, 1.807) is 12.1 Å². The first-order chi connectivity index (χ1) is 10.6. The largest absolute Gasteiger partial charge is 0.352 e. The molecule has 0 saturated carbocycles. The number of benzene rings is 1. The highest BCUT2D eigenvalue weighted by molar-refractivity contribution is 7.92. The second kappa shape index (κ2) is 7.81. The Bertz CT molecular complexity index is 624. The van der Waals surface area contributed by atoms with Crippen molar-refractivity contribution in [3.63, 3.8) is 0 Å². The Morgan fingerprint density at radius 2 is 1.70 bits per heavy atom. The maximum absolute atomic E-state index is 12.6. The summed E-state index contributed by atoms with van der Waals surface area (Å²) in [6, 6.07) is 6.38. The van der Waals surface area contributed by atoms with E-state index in [9.17, 15) is 13.2 Å². The van der Waals surface area contributed by atoms with Gasteiger partial charge in [0.05, 0.1) is 11.9 Å². The van der Waals surface area contributed by atoms with Crippen molar-refractivity contribution >= 4 is 21.6 Å². The third-order valence-electron chi connectivity index (χ3n) is 3.99. The molecule has 0 aliphatic heterocycles. The summed E-state index contributed by atoms with van der Waals surface area (Å²) in [5, 5.41) is 2.92. The SMILES string of the molecule is CC[C@@H](C(=O)N[C@@H](C)C(C)C)N(c1ccc(C)cc1)S(C)(=O)=O. The molecule has 5 nitrogen and oxygen atoms in total. The molecular formula is C17H28N2O3S. The minimum atomic E-state index is -3.57. The van der Waals surface area contributed by atoms with Gasteiger partial charge >= 0.3 is 0 Å². The minimum absolute atomic E-state index is 0.0176. The maximum atomic E-state index is 12.6. The van der Waals surface area contributed by atoms with Gasteiger partial charge in [-0.15, -0.1) is 0 Å². The van der Waals surface area contributed by atoms with Crippen LogP contribution in [0.4, 0.5) is 5.69 Å². The van der Waals surface area contributed by atoms with E-state index in [0.717, 1.165) is 11.8 Å². The molecule has 0 unspecified atom stereocenters. The molecule has 0 aromatic heterocycles. The van der Waals surface area contributed by atoms with E-state index in [1.165, 1.54) is 4.31 Å². The molecule has 0 spiro atoms. The molecule has 0 radical (unpaired) electrons. The number of hydrogen-bond donors (Lipinski definition) is 1. The van der Waals surface area contributed by atoms with E-state index in [0.29, 0.717) is 12.1 Å². The number of amides is 1. The first-order valence-corrected chi connectivity index (χ1v) is 9.79. The molecule has 1 N–H and O–H groups in total. The molecule has 1 rings (SSSR count). The van der Waals surface area contributed by atoms with Crippen molar-refractivity contribution in [3.05, 3.63) is 29.8 Å². The molecule has 1 aromatic rings. The lowest BCUT2D eigenvalue weighted by molar-refractivity contribution is -0.123. The van der Waals surface area contributed by atoms with E-state index in [4.69, 9.17) is 0 Å². The van der Waals surface area contributed by atoms with Gasteiger partial charge in [0.2, 0.25) is 15.9 Å². The average Bonchev–Trinajstić information content (AvgIpc) is 2.44. The van der Waals surface area contributed by atoms with Gasteiger partial charge in [-0.2, -0.15) is 0 Å². The van der Waals surface area contributed by atoms with Crippen LogP contribution < -0.4 is 9.62 Å². The number of carbonyl (C=O) groups excluding carboxylic acids is 1. The summed E-state index contributed by atoms with van der Waals surface area (Å²) < 4.78 is 25.8. The van der Waals surface area contributed by atoms with Crippen LogP contribution >= 0.6 is 0 Å². The van der Waals surface area contributed by atoms with Gasteiger partial charge in [0.1, 0.15) is 6.04 Å². The predicted octanol–water partition coefficient (Wildman–Crippen LogP) is 2.70. The van der Waals surface area contributed by atoms with Crippen molar-refractivity contribution in [2.75, 3.05) is 10.6 Å². The van der Waals surface area contributed by atoms with E-state index in [1.807, 2.05) is 46.8 Å². The third-order valence-corrected chi connectivity index (χ3v) is 5.17. The summed E-state index contributed by atoms with van der Waals surface area (Å²) in [6.45, 7) is 9.70. The van der Waals surface area contributed by atoms with Gasteiger partial charge in [-0.3, -0.25) is 9.10 Å². The normalized spacial score (nSPS) is 14.4. The van der Waals surface area contributed by atoms with E-state index in [-0.39, 0.29) is 17.9 Å². The molecule has 0 fully saturated rings. The van der Waals surface area contributed by atoms with E-state index < -0.39 is 16.1 Å². The quantitative estimate of drug-likeness (QED) is 0.830. The topological polar surface area (TPSA) is 66.5 Å². The zero-order valence-electron chi connectivity index (χ0n) is 14.8. The first-order valence-electron chi connectivity index (χ1n) is 7.94. The second-order valence-electron chi connectivity index (χ2n) is 6.36. The lowest BCUT2D eigenvalue weighted by Gasteiger charge is -2.31. The molecule has 0 aliphatic rings. The fourth-order valence-corrected chi connectivity index (χ4v) is 3.45. The van der Waals surface area contributed by atoms with Crippen LogP contribution in [0.1, 0.15) is 39.7 Å². The van der Waals surface area contributed by atoms with Gasteiger partial charge in [-0.1, -0.05) is 38.5 Å². The molecule has 1 amide bonds. The fourth-order valence-electron chi connectivity index (χ4n) is 2.24. The lowest BCUT2D eigenvalue weighted by atomic mass is 10.1. The summed E-state index contributed by atoms with van der Waals surface area (Å²) >= 11 is 0. The van der Waals surface area contributed by atoms with Crippen LogP contribution in [0.25, 0.3) is 0 Å². The van der Waals surface area contributed by atoms with E-state index in [2.05, 4.69) is 5.32 Å². The summed E-state index contributed by atoms with van der Waals surface area (Å²) in [4.78, 5) is 12.6. The van der Waals surface area contributed by atoms with Crippen molar-refractivity contribution in [3.8, 4) is 0 Å². The van der Waals surface area contributed by atoms with Crippen LogP contribution in [0.15, 0.2) is 24.3 Å². The minimum Gasteiger partial charge on any atom is -0.352 e. The van der Waals surface area contributed by atoms with Crippen molar-refractivity contribution < 1.29 is 13.2 Å². The second-order valence-corrected chi connectivity index (χ2v) is 8.22. The zero-order valence-corrected chi connectivity index (χ0v) is 15.6. The Morgan fingerprint density at radius 3 is 2.09 bits per heavy atom. The average molecular weight is 340 g/mol. The number of sulfonamides is 1. The summed E-state index contributed by atoms with van der Waals surface area (Å²) in [5.74, 6) is 0.0159. The Morgan fingerprint density at radius 1 is 1.17 bits per heavy atom. The number of anilines is 1. The number of nitrogens with one attached hydrogen (secondary N) is 1. The first kappa shape index (κ1) is 19.5. The molecule has 130 valence electrons. The Balaban J connectivity index is 3.18. The number of aryl methyl sites for hydroxylation is 1. The van der Waals surface area contributed by atoms with Crippen molar-refractivity contribution in [2.24, 2.45) is 5.92 Å². The number of rotatable bonds is 7. The fraction of sp³-hybridized carbons (Fsp3) is 0.588. The van der Waals surface area contributed by atoms with Gasteiger partial charge in [0, 0.05) is 6.04 Å². The van der Waals surface area contributed by atoms with Crippen LogP contribution in [0, 0.1) is 12.8 Å². The summed E-state index contributed by atoms with van der Waals surface area (Å²) in [5.41, 5.74) is 1.55. The Hall–Kier alpha value is -1.56. The maximum Gasteiger partial charge on any atom is 0.244 e. The van der Waals surface area contributed by atoms with Crippen LogP contribution in [0.5, 0.6) is 0 Å². The van der Waals surface area contributed by atoms with Crippen LogP contribution in [-0.2, 0) is 14.8 Å². The van der Waals surface area contributed by atoms with Crippen molar-refractivity contribution in [1.82, 2.24) is 5.32 Å². The van der Waals surface area contributed by atoms with Gasteiger partial charge in [-0.05, 0) is 38.3 Å². The molecule has 0 aliphatic carbocycles. The molecule has 0 bridgehead atoms. The summed E-state index contributed by atoms with van der Waals surface area (Å²) in [7, 11) is -3.57. The highest BCUT2D eigenvalue weighted by Gasteiger charge is 2.32. The van der Waals surface area contributed by atoms with Crippen LogP contribution in [0.3, 0.4) is 0 Å². The molecule has 2 atom stereocenters. The molecule has 0 saturated heterocycles. The predicted molar refractivity (Wildman–Crippen MR) is 95.0 cm³/mol. The van der Waals surface area contributed by atoms with Crippen molar-refractivity contribution in [1.29, 1.82) is 0 Å². The standard InChI is InChI=1S/C17H28N2O3S/c1-7-16(17(20)18-14(5)12(2)3)19(23(6,21)22)15-10-8-13(4)9-11-15/h8-12,14,16H,7H2,1-6H3,(H,18,20)/t14-,16-/m0/s1. The third kappa shape index (κ3) is 5.23. The van der Waals surface area contributed by atoms with Gasteiger partial charge < -0.3 is 5.32 Å². The van der Waals surface area contributed by atoms with E-state index >= 15 is 0 Å². The molecule has 23 heavy (non-hydrogen) atoms. The monoisotopic (exact) mass is 340 g/mol. The lowest BCUT2D eigenvalue weighted by Crippen LogP contribution is -2.51. The molecule has 0 heterocycles. The van der Waals surface area contributed by atoms with Crippen LogP contribution in [0.2, 0.25) is 0 Å². The smallest absolute Gasteiger partial charge is 0.244 e. The number of nitrogens with zero attached hydrogens (tertiary/aromatic N) is 1. The molecule has 6 heteroatoms. The van der Waals surface area contributed by atoms with Crippen molar-refractivity contribution in [2.45, 2.75) is 53.1 Å². The Labute approximate surface area is 140 Å². The summed E-state index contributed by atoms with van der Waals surface area (Å²) in [6.07, 6.45) is 1.53. The molecular weight excluding hydrogens is 312 g/mol.